The van der Waals surface area contributed by atoms with Crippen LogP contribution in [-0.2, 0) is 0 Å². The van der Waals surface area contributed by atoms with Crippen molar-refractivity contribution < 1.29 is 0 Å². The zero-order chi connectivity index (χ0) is 12.5. The molecule has 1 aromatic heterocycles. The molecule has 18 heavy (non-hydrogen) atoms. The molecule has 1 heterocycles. The lowest BCUT2D eigenvalue weighted by Gasteiger charge is -2.18. The molecule has 3 nitrogen and oxygen atoms in total. The van der Waals surface area contributed by atoms with Gasteiger partial charge >= 0.3 is 0 Å². The minimum atomic E-state index is 0.609. The smallest absolute Gasteiger partial charge is 0.205 e. The van der Waals surface area contributed by atoms with E-state index in [9.17, 15) is 0 Å². The van der Waals surface area contributed by atoms with Crippen molar-refractivity contribution in [1.82, 2.24) is 10.2 Å². The van der Waals surface area contributed by atoms with Gasteiger partial charge in [0.2, 0.25) is 5.13 Å². The third-order valence-corrected chi connectivity index (χ3v) is 4.42. The minimum Gasteiger partial charge on any atom is -0.357 e. The molecule has 0 unspecified atom stereocenters. The lowest BCUT2D eigenvalue weighted by atomic mass is 9.98. The quantitative estimate of drug-likeness (QED) is 0.849. The lowest BCUT2D eigenvalue weighted by Crippen LogP contribution is -2.19. The summed E-state index contributed by atoms with van der Waals surface area (Å²) in [4.78, 5) is 0. The third-order valence-electron chi connectivity index (χ3n) is 3.79. The number of aromatic nitrogens is 2. The van der Waals surface area contributed by atoms with Crippen molar-refractivity contribution in [2.24, 2.45) is 0 Å². The molecule has 1 aromatic rings. The maximum absolute atomic E-state index is 4.10. The molecule has 0 atom stereocenters. The summed E-state index contributed by atoms with van der Waals surface area (Å²) < 4.78 is 0. The predicted octanol–water partition coefficient (Wildman–Crippen LogP) is 4.62. The van der Waals surface area contributed by atoms with Crippen molar-refractivity contribution in [3.8, 4) is 0 Å². The van der Waals surface area contributed by atoms with Crippen molar-refractivity contribution >= 4 is 16.5 Å². The van der Waals surface area contributed by atoms with Crippen molar-refractivity contribution in [2.75, 3.05) is 5.32 Å². The SMILES string of the molecule is c1nnc(NC2CCCCCCCCCCC2)s1. The zero-order valence-corrected chi connectivity index (χ0v) is 12.1. The fraction of sp³-hybridized carbons (Fsp3) is 0.857. The molecule has 0 bridgehead atoms. The first-order valence-corrected chi connectivity index (χ1v) is 8.36. The van der Waals surface area contributed by atoms with E-state index in [1.54, 1.807) is 16.8 Å². The molecule has 0 radical (unpaired) electrons. The van der Waals surface area contributed by atoms with Gasteiger partial charge in [0.05, 0.1) is 0 Å². The highest BCUT2D eigenvalue weighted by Gasteiger charge is 2.10. The maximum atomic E-state index is 4.10. The number of nitrogens with zero attached hydrogens (tertiary/aromatic N) is 2. The second-order valence-corrected chi connectivity index (χ2v) is 6.18. The van der Waals surface area contributed by atoms with E-state index in [-0.39, 0.29) is 0 Å². The van der Waals surface area contributed by atoms with Gasteiger partial charge in [0.15, 0.2) is 0 Å². The fourth-order valence-corrected chi connectivity index (χ4v) is 3.24. The van der Waals surface area contributed by atoms with Crippen molar-refractivity contribution in [2.45, 2.75) is 76.7 Å². The van der Waals surface area contributed by atoms with Crippen LogP contribution in [0.25, 0.3) is 0 Å². The standard InChI is InChI=1S/C14H25N3S/c1-2-4-6-8-10-13(11-9-7-5-3-1)16-14-17-15-12-18-14/h12-13H,1-11H2,(H,16,17). The molecule has 102 valence electrons. The first-order chi connectivity index (χ1) is 8.95. The van der Waals surface area contributed by atoms with Gasteiger partial charge in [-0.25, -0.2) is 0 Å². The topological polar surface area (TPSA) is 37.8 Å². The van der Waals surface area contributed by atoms with Crippen LogP contribution in [-0.4, -0.2) is 16.2 Å². The second-order valence-electron chi connectivity index (χ2n) is 5.34. The van der Waals surface area contributed by atoms with Crippen LogP contribution >= 0.6 is 11.3 Å². The Hall–Kier alpha value is -0.640. The van der Waals surface area contributed by atoms with Gasteiger partial charge in [0.1, 0.15) is 5.51 Å². The molecular weight excluding hydrogens is 242 g/mol. The highest BCUT2D eigenvalue weighted by atomic mass is 32.1. The van der Waals surface area contributed by atoms with Crippen LogP contribution in [0.15, 0.2) is 5.51 Å². The van der Waals surface area contributed by atoms with E-state index in [4.69, 9.17) is 0 Å². The lowest BCUT2D eigenvalue weighted by molar-refractivity contribution is 0.480. The Bertz CT molecular complexity index is 288. The van der Waals surface area contributed by atoms with Crippen LogP contribution < -0.4 is 5.32 Å². The van der Waals surface area contributed by atoms with Crippen molar-refractivity contribution in [3.05, 3.63) is 5.51 Å². The van der Waals surface area contributed by atoms with Gasteiger partial charge in [0.25, 0.3) is 0 Å². The van der Waals surface area contributed by atoms with E-state index < -0.39 is 0 Å². The molecule has 1 aliphatic rings. The number of anilines is 1. The molecule has 2 rings (SSSR count). The van der Waals surface area contributed by atoms with E-state index in [1.807, 2.05) is 0 Å². The predicted molar refractivity (Wildman–Crippen MR) is 78.1 cm³/mol. The van der Waals surface area contributed by atoms with Gasteiger partial charge in [-0.3, -0.25) is 0 Å². The van der Waals surface area contributed by atoms with Gasteiger partial charge in [-0.1, -0.05) is 69.1 Å². The molecule has 4 heteroatoms. The van der Waals surface area contributed by atoms with Gasteiger partial charge in [-0.05, 0) is 12.8 Å². The summed E-state index contributed by atoms with van der Waals surface area (Å²) in [5.41, 5.74) is 1.80. The van der Waals surface area contributed by atoms with Crippen molar-refractivity contribution in [3.63, 3.8) is 0 Å². The first-order valence-electron chi connectivity index (χ1n) is 7.48. The van der Waals surface area contributed by atoms with Crippen LogP contribution in [0.4, 0.5) is 5.13 Å². The Morgan fingerprint density at radius 3 is 1.94 bits per heavy atom. The van der Waals surface area contributed by atoms with E-state index >= 15 is 0 Å². The Balaban J connectivity index is 1.77. The van der Waals surface area contributed by atoms with Gasteiger partial charge < -0.3 is 5.32 Å². The Morgan fingerprint density at radius 1 is 0.889 bits per heavy atom. The molecule has 0 aromatic carbocycles. The average Bonchev–Trinajstić information content (AvgIpc) is 2.85. The van der Waals surface area contributed by atoms with E-state index in [1.165, 1.54) is 70.6 Å². The Kier molecular flexibility index (Phi) is 6.48. The molecule has 0 saturated heterocycles. The molecule has 0 aliphatic heterocycles. The highest BCUT2D eigenvalue weighted by Crippen LogP contribution is 2.20. The van der Waals surface area contributed by atoms with Crippen LogP contribution in [0.1, 0.15) is 70.6 Å². The summed E-state index contributed by atoms with van der Waals surface area (Å²) in [6, 6.07) is 0.609. The van der Waals surface area contributed by atoms with Gasteiger partial charge in [-0.2, -0.15) is 0 Å². The summed E-state index contributed by atoms with van der Waals surface area (Å²) in [6.07, 6.45) is 15.3. The first kappa shape index (κ1) is 13.8. The highest BCUT2D eigenvalue weighted by molar-refractivity contribution is 7.13. The number of hydrogen-bond acceptors (Lipinski definition) is 4. The van der Waals surface area contributed by atoms with Gasteiger partial charge in [-0.15, -0.1) is 10.2 Å². The summed E-state index contributed by atoms with van der Waals surface area (Å²) in [5.74, 6) is 0. The Morgan fingerprint density at radius 2 is 1.44 bits per heavy atom. The van der Waals surface area contributed by atoms with Crippen LogP contribution in [0.5, 0.6) is 0 Å². The third kappa shape index (κ3) is 5.34. The summed E-state index contributed by atoms with van der Waals surface area (Å²) in [7, 11) is 0. The fourth-order valence-electron chi connectivity index (χ4n) is 2.72. The van der Waals surface area contributed by atoms with Crippen molar-refractivity contribution in [1.29, 1.82) is 0 Å². The minimum absolute atomic E-state index is 0.609. The summed E-state index contributed by atoms with van der Waals surface area (Å²) in [5, 5.41) is 12.5. The molecule has 1 fully saturated rings. The largest absolute Gasteiger partial charge is 0.357 e. The Labute approximate surface area is 114 Å². The summed E-state index contributed by atoms with van der Waals surface area (Å²) in [6.45, 7) is 0. The molecule has 0 amide bonds. The van der Waals surface area contributed by atoms with Gasteiger partial charge in [0, 0.05) is 6.04 Å². The molecule has 1 aliphatic carbocycles. The number of hydrogen-bond donors (Lipinski definition) is 1. The average molecular weight is 267 g/mol. The molecule has 1 N–H and O–H groups in total. The monoisotopic (exact) mass is 267 g/mol. The summed E-state index contributed by atoms with van der Waals surface area (Å²) >= 11 is 1.61. The maximum Gasteiger partial charge on any atom is 0.205 e. The number of rotatable bonds is 2. The normalized spacial score (nSPS) is 20.9. The van der Waals surface area contributed by atoms with E-state index in [2.05, 4.69) is 15.5 Å². The number of nitrogens with one attached hydrogen (secondary N) is 1. The zero-order valence-electron chi connectivity index (χ0n) is 11.2. The molecule has 0 spiro atoms. The van der Waals surface area contributed by atoms with E-state index in [0.29, 0.717) is 6.04 Å². The molecular formula is C14H25N3S. The van der Waals surface area contributed by atoms with Crippen LogP contribution in [0.2, 0.25) is 0 Å². The van der Waals surface area contributed by atoms with E-state index in [0.717, 1.165) is 5.13 Å². The second kappa shape index (κ2) is 8.46. The van der Waals surface area contributed by atoms with Crippen LogP contribution in [0.3, 0.4) is 0 Å². The molecule has 1 saturated carbocycles. The van der Waals surface area contributed by atoms with Crippen LogP contribution in [0, 0.1) is 0 Å².